The minimum absolute atomic E-state index is 0.166. The number of Topliss-reactive ketones (excluding diaryl/α,β-unsaturated/α-hetero) is 1. The van der Waals surface area contributed by atoms with Gasteiger partial charge in [0.25, 0.3) is 0 Å². The molecule has 0 spiro atoms. The molecule has 4 aromatic rings. The van der Waals surface area contributed by atoms with Crippen LogP contribution < -0.4 is 4.74 Å². The number of carbonyl (C=O) groups is 1. The van der Waals surface area contributed by atoms with Crippen molar-refractivity contribution in [2.75, 3.05) is 13.2 Å². The van der Waals surface area contributed by atoms with Crippen molar-refractivity contribution in [2.45, 2.75) is 25.4 Å². The Bertz CT molecular complexity index is 1350. The third kappa shape index (κ3) is 4.62. The summed E-state index contributed by atoms with van der Waals surface area (Å²) in [5.74, 6) is -2.34. The highest BCUT2D eigenvalue weighted by molar-refractivity contribution is 5.97. The lowest BCUT2D eigenvalue weighted by Gasteiger charge is -2.28. The minimum Gasteiger partial charge on any atom is -0.485 e. The largest absolute Gasteiger partial charge is 0.485 e. The first-order chi connectivity index (χ1) is 16.8. The number of aliphatic hydroxyl groups excluding tert-OH is 2. The molecule has 0 amide bonds. The first kappa shape index (κ1) is 24.4. The van der Waals surface area contributed by atoms with Crippen LogP contribution in [0.3, 0.4) is 0 Å². The smallest absolute Gasteiger partial charge is 0.182 e. The summed E-state index contributed by atoms with van der Waals surface area (Å²) in [5.41, 5.74) is -0.742. The molecular formula is C25H22F3N3O4. The van der Waals surface area contributed by atoms with E-state index in [1.807, 2.05) is 0 Å². The Morgan fingerprint density at radius 3 is 2.40 bits per heavy atom. The summed E-state index contributed by atoms with van der Waals surface area (Å²) in [6.45, 7) is 0.0104. The van der Waals surface area contributed by atoms with Crippen LogP contribution in [0.1, 0.15) is 33.9 Å². The number of imidazole rings is 1. The van der Waals surface area contributed by atoms with Crippen molar-refractivity contribution < 1.29 is 32.9 Å². The van der Waals surface area contributed by atoms with Crippen molar-refractivity contribution in [1.29, 1.82) is 0 Å². The topological polar surface area (TPSA) is 97.0 Å². The number of benzene rings is 1. The standard InChI is InChI=1S/C25H22F3N3O4/c1-15-23(20(34)10-25(13-32,14-33)22-8-7-16(26)11-29-22)31-9-3-6-21(24(31)30-15)35-12-17-18(27)4-2-5-19(17)28/h2-9,11,32-33H,10,12-14H2,1H3. The van der Waals surface area contributed by atoms with Crippen LogP contribution in [0.2, 0.25) is 0 Å². The number of rotatable bonds is 9. The van der Waals surface area contributed by atoms with Crippen molar-refractivity contribution in [3.63, 3.8) is 0 Å². The molecule has 0 saturated carbocycles. The molecule has 35 heavy (non-hydrogen) atoms. The van der Waals surface area contributed by atoms with Gasteiger partial charge in [-0.1, -0.05) is 6.07 Å². The zero-order valence-corrected chi connectivity index (χ0v) is 18.7. The van der Waals surface area contributed by atoms with Crippen molar-refractivity contribution in [3.8, 4) is 5.75 Å². The molecule has 7 nitrogen and oxygen atoms in total. The summed E-state index contributed by atoms with van der Waals surface area (Å²) in [7, 11) is 0. The van der Waals surface area contributed by atoms with Crippen LogP contribution in [0.15, 0.2) is 54.9 Å². The average molecular weight is 485 g/mol. The Hall–Kier alpha value is -3.76. The van der Waals surface area contributed by atoms with Crippen LogP contribution in [-0.2, 0) is 12.0 Å². The molecule has 0 unspecified atom stereocenters. The van der Waals surface area contributed by atoms with E-state index in [1.165, 1.54) is 16.5 Å². The molecule has 3 heterocycles. The van der Waals surface area contributed by atoms with Gasteiger partial charge in [-0.05, 0) is 43.3 Å². The molecule has 0 fully saturated rings. The molecule has 1 aromatic carbocycles. The van der Waals surface area contributed by atoms with E-state index in [-0.39, 0.29) is 41.4 Å². The van der Waals surface area contributed by atoms with Crippen LogP contribution in [0.25, 0.3) is 5.65 Å². The molecule has 0 aliphatic heterocycles. The van der Waals surface area contributed by atoms with E-state index in [2.05, 4.69) is 9.97 Å². The summed E-state index contributed by atoms with van der Waals surface area (Å²) < 4.78 is 48.4. The molecule has 0 saturated heterocycles. The van der Waals surface area contributed by atoms with E-state index in [0.29, 0.717) is 5.69 Å². The van der Waals surface area contributed by atoms with Crippen molar-refractivity contribution in [3.05, 3.63) is 95.0 Å². The second-order valence-corrected chi connectivity index (χ2v) is 8.16. The van der Waals surface area contributed by atoms with Gasteiger partial charge in [0.2, 0.25) is 0 Å². The normalized spacial score (nSPS) is 11.7. The maximum Gasteiger partial charge on any atom is 0.182 e. The molecule has 0 radical (unpaired) electrons. The van der Waals surface area contributed by atoms with E-state index in [1.54, 1.807) is 25.3 Å². The van der Waals surface area contributed by atoms with Gasteiger partial charge in [-0.25, -0.2) is 18.2 Å². The number of aryl methyl sites for hydroxylation is 1. The predicted molar refractivity (Wildman–Crippen MR) is 120 cm³/mol. The van der Waals surface area contributed by atoms with E-state index in [4.69, 9.17) is 4.74 Å². The molecule has 182 valence electrons. The van der Waals surface area contributed by atoms with E-state index in [0.717, 1.165) is 24.4 Å². The Morgan fingerprint density at radius 1 is 1.06 bits per heavy atom. The van der Waals surface area contributed by atoms with Crippen molar-refractivity contribution in [2.24, 2.45) is 0 Å². The number of aromatic nitrogens is 3. The van der Waals surface area contributed by atoms with E-state index in [9.17, 15) is 28.2 Å². The van der Waals surface area contributed by atoms with Gasteiger partial charge in [-0.3, -0.25) is 14.2 Å². The highest BCUT2D eigenvalue weighted by Crippen LogP contribution is 2.30. The zero-order chi connectivity index (χ0) is 25.2. The summed E-state index contributed by atoms with van der Waals surface area (Å²) >= 11 is 0. The van der Waals surface area contributed by atoms with Gasteiger partial charge < -0.3 is 14.9 Å². The number of aliphatic hydroxyl groups is 2. The summed E-state index contributed by atoms with van der Waals surface area (Å²) in [5, 5.41) is 20.1. The molecule has 0 aliphatic carbocycles. The van der Waals surface area contributed by atoms with E-state index >= 15 is 0 Å². The van der Waals surface area contributed by atoms with Gasteiger partial charge in [-0.2, -0.15) is 0 Å². The Balaban J connectivity index is 1.66. The quantitative estimate of drug-likeness (QED) is 0.352. The predicted octanol–water partition coefficient (Wildman–Crippen LogP) is 3.53. The zero-order valence-electron chi connectivity index (χ0n) is 18.7. The fraction of sp³-hybridized carbons (Fsp3) is 0.240. The number of pyridine rings is 2. The lowest BCUT2D eigenvalue weighted by molar-refractivity contribution is 0.0771. The number of ether oxygens (including phenoxy) is 1. The third-order valence-corrected chi connectivity index (χ3v) is 5.86. The van der Waals surface area contributed by atoms with E-state index < -0.39 is 41.9 Å². The van der Waals surface area contributed by atoms with Crippen LogP contribution in [-0.4, -0.2) is 43.6 Å². The van der Waals surface area contributed by atoms with Gasteiger partial charge in [-0.15, -0.1) is 0 Å². The Labute approximate surface area is 198 Å². The highest BCUT2D eigenvalue weighted by Gasteiger charge is 2.37. The van der Waals surface area contributed by atoms with Crippen LogP contribution in [0, 0.1) is 24.4 Å². The van der Waals surface area contributed by atoms with Gasteiger partial charge in [0, 0.05) is 12.6 Å². The SMILES string of the molecule is Cc1nc2c(OCc3c(F)cccc3F)cccn2c1C(=O)CC(CO)(CO)c1ccc(F)cn1. The molecule has 0 atom stereocenters. The van der Waals surface area contributed by atoms with Crippen molar-refractivity contribution >= 4 is 11.4 Å². The summed E-state index contributed by atoms with van der Waals surface area (Å²) in [4.78, 5) is 21.7. The molecule has 3 aromatic heterocycles. The minimum atomic E-state index is -1.45. The molecule has 4 rings (SSSR count). The number of hydrogen-bond donors (Lipinski definition) is 2. The van der Waals surface area contributed by atoms with Gasteiger partial charge in [0.1, 0.15) is 29.8 Å². The lowest BCUT2D eigenvalue weighted by atomic mass is 9.80. The van der Waals surface area contributed by atoms with Gasteiger partial charge >= 0.3 is 0 Å². The highest BCUT2D eigenvalue weighted by atomic mass is 19.1. The number of ketones is 1. The monoisotopic (exact) mass is 485 g/mol. The molecule has 0 aliphatic rings. The molecule has 10 heteroatoms. The van der Waals surface area contributed by atoms with Crippen LogP contribution in [0.4, 0.5) is 13.2 Å². The first-order valence-corrected chi connectivity index (χ1v) is 10.7. The summed E-state index contributed by atoms with van der Waals surface area (Å²) in [6.07, 6.45) is 2.19. The fourth-order valence-electron chi connectivity index (χ4n) is 3.92. The third-order valence-electron chi connectivity index (χ3n) is 5.86. The maximum absolute atomic E-state index is 14.0. The Morgan fingerprint density at radius 2 is 1.77 bits per heavy atom. The number of nitrogens with zero attached hydrogens (tertiary/aromatic N) is 3. The lowest BCUT2D eigenvalue weighted by Crippen LogP contribution is -2.38. The molecular weight excluding hydrogens is 463 g/mol. The number of hydrogen-bond acceptors (Lipinski definition) is 6. The maximum atomic E-state index is 14.0. The summed E-state index contributed by atoms with van der Waals surface area (Å²) in [6, 6.07) is 9.10. The Kier molecular flexibility index (Phi) is 6.86. The fourth-order valence-corrected chi connectivity index (χ4v) is 3.92. The average Bonchev–Trinajstić information content (AvgIpc) is 3.19. The number of halogens is 3. The van der Waals surface area contributed by atoms with Crippen LogP contribution >= 0.6 is 0 Å². The number of fused-ring (bicyclic) bond motifs is 1. The van der Waals surface area contributed by atoms with Gasteiger partial charge in [0.15, 0.2) is 17.2 Å². The van der Waals surface area contributed by atoms with Gasteiger partial charge in [0.05, 0.1) is 41.8 Å². The molecule has 2 N–H and O–H groups in total. The first-order valence-electron chi connectivity index (χ1n) is 10.7. The second-order valence-electron chi connectivity index (χ2n) is 8.16. The van der Waals surface area contributed by atoms with Crippen molar-refractivity contribution in [1.82, 2.24) is 14.4 Å². The molecule has 0 bridgehead atoms. The van der Waals surface area contributed by atoms with Crippen LogP contribution in [0.5, 0.6) is 5.75 Å². The second kappa shape index (κ2) is 9.85. The number of carbonyl (C=O) groups excluding carboxylic acids is 1.